The summed E-state index contributed by atoms with van der Waals surface area (Å²) < 4.78 is 5.98. The fourth-order valence-electron chi connectivity index (χ4n) is 1.45. The van der Waals surface area contributed by atoms with Crippen LogP contribution in [0.2, 0.25) is 0 Å². The molecule has 0 aliphatic heterocycles. The molecule has 0 fully saturated rings. The van der Waals surface area contributed by atoms with Crippen LogP contribution in [0.5, 0.6) is 11.5 Å². The molecule has 2 rings (SSSR count). The Kier molecular flexibility index (Phi) is 3.94. The molecule has 2 aromatic rings. The number of pyridine rings is 1. The van der Waals surface area contributed by atoms with Crippen molar-refractivity contribution in [2.24, 2.45) is 0 Å². The van der Waals surface area contributed by atoms with E-state index in [1.54, 1.807) is 6.07 Å². The lowest BCUT2D eigenvalue weighted by Crippen LogP contribution is -1.99. The average molecular weight is 339 g/mol. The Hall–Kier alpha value is -2.48. The van der Waals surface area contributed by atoms with E-state index in [2.05, 4.69) is 20.9 Å². The molecule has 0 saturated heterocycles. The number of halogens is 1. The van der Waals surface area contributed by atoms with Crippen molar-refractivity contribution < 1.29 is 19.6 Å². The first-order chi connectivity index (χ1) is 9.47. The lowest BCUT2D eigenvalue weighted by atomic mass is 10.2. The van der Waals surface area contributed by atoms with Gasteiger partial charge in [0.05, 0.1) is 16.7 Å². The predicted molar refractivity (Wildman–Crippen MR) is 72.1 cm³/mol. The van der Waals surface area contributed by atoms with Gasteiger partial charge in [-0.3, -0.25) is 15.1 Å². The molecule has 7 nitrogen and oxygen atoms in total. The summed E-state index contributed by atoms with van der Waals surface area (Å²) in [7, 11) is 0. The molecule has 0 aliphatic rings. The van der Waals surface area contributed by atoms with Crippen molar-refractivity contribution in [3.63, 3.8) is 0 Å². The van der Waals surface area contributed by atoms with Crippen LogP contribution in [0, 0.1) is 10.1 Å². The number of hydrogen-bond donors (Lipinski definition) is 1. The van der Waals surface area contributed by atoms with Crippen LogP contribution < -0.4 is 4.74 Å². The Morgan fingerprint density at radius 2 is 2.10 bits per heavy atom. The summed E-state index contributed by atoms with van der Waals surface area (Å²) in [4.78, 5) is 25.0. The fraction of sp³-hybridized carbons (Fsp3) is 0. The zero-order valence-corrected chi connectivity index (χ0v) is 11.4. The van der Waals surface area contributed by atoms with Gasteiger partial charge in [-0.15, -0.1) is 0 Å². The Bertz CT molecular complexity index is 689. The van der Waals surface area contributed by atoms with Crippen LogP contribution in [0.4, 0.5) is 5.69 Å². The van der Waals surface area contributed by atoms with Crippen LogP contribution in [0.15, 0.2) is 41.1 Å². The number of nitrogens with zero attached hydrogens (tertiary/aromatic N) is 2. The minimum Gasteiger partial charge on any atom is -0.478 e. The normalized spacial score (nSPS) is 10.1. The zero-order valence-electron chi connectivity index (χ0n) is 9.82. The van der Waals surface area contributed by atoms with Gasteiger partial charge in [-0.1, -0.05) is 0 Å². The standard InChI is InChI=1S/C12H7BrN2O5/c13-8-4-9(6-14-5-8)20-11-3-7(12(16)17)1-2-10(11)15(18)19/h1-6H,(H,16,17). The molecule has 1 aromatic carbocycles. The highest BCUT2D eigenvalue weighted by atomic mass is 79.9. The van der Waals surface area contributed by atoms with Gasteiger partial charge in [0.2, 0.25) is 5.75 Å². The SMILES string of the molecule is O=C(O)c1ccc([N+](=O)[O-])c(Oc2cncc(Br)c2)c1. The molecule has 0 bridgehead atoms. The van der Waals surface area contributed by atoms with Crippen molar-refractivity contribution in [1.82, 2.24) is 4.98 Å². The molecule has 0 atom stereocenters. The molecule has 0 spiro atoms. The maximum absolute atomic E-state index is 10.9. The molecule has 0 amide bonds. The van der Waals surface area contributed by atoms with Gasteiger partial charge in [-0.25, -0.2) is 4.79 Å². The largest absolute Gasteiger partial charge is 0.478 e. The number of ether oxygens (including phenoxy) is 1. The number of carbonyl (C=O) groups is 1. The van der Waals surface area contributed by atoms with Crippen LogP contribution in [-0.4, -0.2) is 21.0 Å². The summed E-state index contributed by atoms with van der Waals surface area (Å²) >= 11 is 3.19. The fourth-order valence-corrected chi connectivity index (χ4v) is 1.80. The molecule has 102 valence electrons. The van der Waals surface area contributed by atoms with Gasteiger partial charge in [0.25, 0.3) is 0 Å². The number of carboxylic acids is 1. The Labute approximate surface area is 121 Å². The van der Waals surface area contributed by atoms with E-state index in [0.717, 1.165) is 18.2 Å². The molecular weight excluding hydrogens is 332 g/mol. The van der Waals surface area contributed by atoms with Gasteiger partial charge in [-0.05, 0) is 28.1 Å². The number of benzene rings is 1. The van der Waals surface area contributed by atoms with Gasteiger partial charge in [0.15, 0.2) is 0 Å². The molecular formula is C12H7BrN2O5. The highest BCUT2D eigenvalue weighted by Gasteiger charge is 2.18. The molecule has 0 unspecified atom stereocenters. The minimum atomic E-state index is -1.20. The summed E-state index contributed by atoms with van der Waals surface area (Å²) in [5.74, 6) is -1.10. The van der Waals surface area contributed by atoms with Crippen LogP contribution in [-0.2, 0) is 0 Å². The Balaban J connectivity index is 2.44. The molecule has 20 heavy (non-hydrogen) atoms. The lowest BCUT2D eigenvalue weighted by Gasteiger charge is -2.07. The topological polar surface area (TPSA) is 103 Å². The molecule has 0 saturated carbocycles. The van der Waals surface area contributed by atoms with Gasteiger partial charge < -0.3 is 9.84 Å². The monoisotopic (exact) mass is 338 g/mol. The summed E-state index contributed by atoms with van der Waals surface area (Å²) in [6.07, 6.45) is 2.89. The summed E-state index contributed by atoms with van der Waals surface area (Å²) in [6.45, 7) is 0. The van der Waals surface area contributed by atoms with Crippen molar-refractivity contribution >= 4 is 27.6 Å². The smallest absolute Gasteiger partial charge is 0.335 e. The molecule has 8 heteroatoms. The van der Waals surface area contributed by atoms with Gasteiger partial charge in [0, 0.05) is 22.8 Å². The Morgan fingerprint density at radius 3 is 2.70 bits per heavy atom. The molecule has 1 heterocycles. The number of carboxylic acid groups (broad SMARTS) is 1. The van der Waals surface area contributed by atoms with Crippen molar-refractivity contribution in [3.05, 3.63) is 56.8 Å². The number of nitro groups is 1. The summed E-state index contributed by atoms with van der Waals surface area (Å²) in [5.41, 5.74) is -0.427. The highest BCUT2D eigenvalue weighted by Crippen LogP contribution is 2.32. The van der Waals surface area contributed by atoms with E-state index in [9.17, 15) is 14.9 Å². The second-order valence-electron chi connectivity index (χ2n) is 3.69. The molecule has 0 aliphatic carbocycles. The first-order valence-electron chi connectivity index (χ1n) is 5.27. The molecule has 1 N–H and O–H groups in total. The average Bonchev–Trinajstić information content (AvgIpc) is 2.38. The third kappa shape index (κ3) is 3.09. The Morgan fingerprint density at radius 1 is 1.35 bits per heavy atom. The first kappa shape index (κ1) is 13.9. The van der Waals surface area contributed by atoms with Crippen LogP contribution in [0.1, 0.15) is 10.4 Å². The van der Waals surface area contributed by atoms with Gasteiger partial charge in [-0.2, -0.15) is 0 Å². The van der Waals surface area contributed by atoms with Crippen molar-refractivity contribution in [3.8, 4) is 11.5 Å². The van der Waals surface area contributed by atoms with E-state index in [4.69, 9.17) is 9.84 Å². The number of hydrogen-bond acceptors (Lipinski definition) is 5. The quantitative estimate of drug-likeness (QED) is 0.678. The van der Waals surface area contributed by atoms with E-state index >= 15 is 0 Å². The van der Waals surface area contributed by atoms with E-state index in [-0.39, 0.29) is 22.7 Å². The number of nitro benzene ring substituents is 1. The second-order valence-corrected chi connectivity index (χ2v) is 4.60. The second kappa shape index (κ2) is 5.66. The summed E-state index contributed by atoms with van der Waals surface area (Å²) in [5, 5.41) is 19.8. The van der Waals surface area contributed by atoms with E-state index in [0.29, 0.717) is 4.47 Å². The van der Waals surface area contributed by atoms with Crippen molar-refractivity contribution in [2.45, 2.75) is 0 Å². The number of aromatic carboxylic acids is 1. The maximum Gasteiger partial charge on any atom is 0.335 e. The number of rotatable bonds is 4. The predicted octanol–water partition coefficient (Wildman–Crippen LogP) is 3.24. The number of aromatic nitrogens is 1. The maximum atomic E-state index is 10.9. The first-order valence-corrected chi connectivity index (χ1v) is 6.07. The third-order valence-electron chi connectivity index (χ3n) is 2.31. The van der Waals surface area contributed by atoms with Crippen LogP contribution >= 0.6 is 15.9 Å². The van der Waals surface area contributed by atoms with E-state index in [1.807, 2.05) is 0 Å². The van der Waals surface area contributed by atoms with Crippen LogP contribution in [0.3, 0.4) is 0 Å². The van der Waals surface area contributed by atoms with E-state index < -0.39 is 10.9 Å². The van der Waals surface area contributed by atoms with Crippen LogP contribution in [0.25, 0.3) is 0 Å². The van der Waals surface area contributed by atoms with Gasteiger partial charge in [0.1, 0.15) is 5.75 Å². The van der Waals surface area contributed by atoms with E-state index in [1.165, 1.54) is 12.4 Å². The zero-order chi connectivity index (χ0) is 14.7. The van der Waals surface area contributed by atoms with Crippen molar-refractivity contribution in [2.75, 3.05) is 0 Å². The lowest BCUT2D eigenvalue weighted by molar-refractivity contribution is -0.385. The molecule has 0 radical (unpaired) electrons. The minimum absolute atomic E-state index is 0.103. The summed E-state index contributed by atoms with van der Waals surface area (Å²) in [6, 6.07) is 4.89. The highest BCUT2D eigenvalue weighted by molar-refractivity contribution is 9.10. The van der Waals surface area contributed by atoms with Gasteiger partial charge >= 0.3 is 11.7 Å². The molecule has 1 aromatic heterocycles. The van der Waals surface area contributed by atoms with Crippen molar-refractivity contribution in [1.29, 1.82) is 0 Å². The third-order valence-corrected chi connectivity index (χ3v) is 2.74.